The van der Waals surface area contributed by atoms with Crippen LogP contribution in [0.3, 0.4) is 0 Å². The number of aromatic nitrogens is 2. The van der Waals surface area contributed by atoms with Crippen LogP contribution in [0.4, 0.5) is 18.9 Å². The highest BCUT2D eigenvalue weighted by molar-refractivity contribution is 7.90. The Hall–Kier alpha value is -3.69. The molecule has 0 bridgehead atoms. The molecule has 41 heavy (non-hydrogen) atoms. The lowest BCUT2D eigenvalue weighted by atomic mass is 9.90. The monoisotopic (exact) mass is 588 g/mol. The van der Waals surface area contributed by atoms with Crippen LogP contribution in [0.15, 0.2) is 56.6 Å². The van der Waals surface area contributed by atoms with Crippen molar-refractivity contribution in [3.8, 4) is 11.8 Å². The minimum absolute atomic E-state index is 0.00353. The van der Waals surface area contributed by atoms with Gasteiger partial charge >= 0.3 is 11.9 Å². The molecule has 5 rings (SSSR count). The van der Waals surface area contributed by atoms with Crippen LogP contribution < -0.4 is 11.1 Å². The third-order valence-corrected chi connectivity index (χ3v) is 8.70. The van der Waals surface area contributed by atoms with Crippen LogP contribution in [0.5, 0.6) is 0 Å². The predicted octanol–water partition coefficient (Wildman–Crippen LogP) is 4.85. The molecule has 0 amide bonds. The quantitative estimate of drug-likeness (QED) is 0.324. The van der Waals surface area contributed by atoms with Gasteiger partial charge in [0.1, 0.15) is 6.54 Å². The van der Waals surface area contributed by atoms with Crippen LogP contribution in [-0.2, 0) is 22.9 Å². The normalized spacial score (nSPS) is 18.1. The van der Waals surface area contributed by atoms with Crippen LogP contribution in [0.2, 0.25) is 0 Å². The Bertz CT molecular complexity index is 1820. The molecule has 0 atom stereocenters. The number of hydrogen-bond acceptors (Lipinski definition) is 6. The van der Waals surface area contributed by atoms with E-state index in [9.17, 15) is 26.4 Å². The van der Waals surface area contributed by atoms with Crippen molar-refractivity contribution in [3.05, 3.63) is 58.7 Å². The number of anilines is 1. The molecule has 1 aliphatic rings. The first-order valence-corrected chi connectivity index (χ1v) is 15.1. The Morgan fingerprint density at radius 2 is 1.78 bits per heavy atom. The van der Waals surface area contributed by atoms with Crippen molar-refractivity contribution in [2.75, 3.05) is 25.7 Å². The summed E-state index contributed by atoms with van der Waals surface area (Å²) in [5, 5.41) is 4.19. The number of nitrogens with zero attached hydrogens (tertiary/aromatic N) is 3. The van der Waals surface area contributed by atoms with Gasteiger partial charge in [-0.25, -0.2) is 13.2 Å². The lowest BCUT2D eigenvalue weighted by Gasteiger charge is -2.33. The van der Waals surface area contributed by atoms with E-state index in [-0.39, 0.29) is 28.8 Å². The maximum Gasteiger partial charge on any atom is 0.420 e. The van der Waals surface area contributed by atoms with Gasteiger partial charge in [0.05, 0.1) is 28.2 Å². The zero-order chi connectivity index (χ0) is 29.5. The second kappa shape index (κ2) is 10.9. The molecule has 1 saturated carbocycles. The summed E-state index contributed by atoms with van der Waals surface area (Å²) >= 11 is 0. The van der Waals surface area contributed by atoms with Gasteiger partial charge in [-0.15, -0.1) is 0 Å². The number of rotatable bonds is 6. The number of alkyl halides is 3. The zero-order valence-corrected chi connectivity index (χ0v) is 23.8. The van der Waals surface area contributed by atoms with E-state index < -0.39 is 28.3 Å². The van der Waals surface area contributed by atoms with Crippen molar-refractivity contribution in [2.45, 2.75) is 61.9 Å². The number of benzene rings is 2. The first-order chi connectivity index (χ1) is 19.3. The van der Waals surface area contributed by atoms with E-state index in [2.05, 4.69) is 36.2 Å². The van der Waals surface area contributed by atoms with Crippen molar-refractivity contribution >= 4 is 37.5 Å². The van der Waals surface area contributed by atoms with Crippen molar-refractivity contribution in [2.24, 2.45) is 0 Å². The molecule has 0 unspecified atom stereocenters. The molecule has 8 nitrogen and oxygen atoms in total. The number of hydrogen-bond donors (Lipinski definition) is 1. The summed E-state index contributed by atoms with van der Waals surface area (Å²) in [5.74, 6) is 4.89. The summed E-state index contributed by atoms with van der Waals surface area (Å²) in [5.41, 5.74) is 1.77. The Balaban J connectivity index is 1.46. The molecule has 12 heteroatoms. The van der Waals surface area contributed by atoms with Crippen LogP contribution >= 0.6 is 0 Å². The van der Waals surface area contributed by atoms with Crippen LogP contribution in [0, 0.1) is 11.8 Å². The van der Waals surface area contributed by atoms with E-state index >= 15 is 0 Å². The van der Waals surface area contributed by atoms with E-state index in [1.54, 1.807) is 18.2 Å². The Kier molecular flexibility index (Phi) is 7.70. The zero-order valence-electron chi connectivity index (χ0n) is 23.0. The summed E-state index contributed by atoms with van der Waals surface area (Å²) in [6, 6.07) is 11.7. The van der Waals surface area contributed by atoms with Crippen LogP contribution in [0.1, 0.15) is 31.4 Å². The van der Waals surface area contributed by atoms with Gasteiger partial charge in [0.25, 0.3) is 0 Å². The van der Waals surface area contributed by atoms with Gasteiger partial charge in [-0.3, -0.25) is 4.57 Å². The molecule has 1 fully saturated rings. The minimum Gasteiger partial charge on any atom is -0.408 e. The summed E-state index contributed by atoms with van der Waals surface area (Å²) in [6.07, 6.45) is 0.605. The predicted molar refractivity (Wildman–Crippen MR) is 152 cm³/mol. The average Bonchev–Trinajstić information content (AvgIpc) is 3.39. The number of fused-ring (bicyclic) bond motifs is 2. The summed E-state index contributed by atoms with van der Waals surface area (Å²) in [6.45, 7) is -1.36. The van der Waals surface area contributed by atoms with Crippen LogP contribution in [0.25, 0.3) is 22.0 Å². The van der Waals surface area contributed by atoms with Crippen molar-refractivity contribution in [3.63, 3.8) is 0 Å². The molecular weight excluding hydrogens is 557 g/mol. The highest BCUT2D eigenvalue weighted by Crippen LogP contribution is 2.32. The molecule has 218 valence electrons. The second-order valence-electron chi connectivity index (χ2n) is 10.7. The molecule has 2 aromatic heterocycles. The molecular formula is C29H31F3N4O4S. The first kappa shape index (κ1) is 28.8. The molecule has 1 aliphatic carbocycles. The standard InChI is InChI=1S/C29H31F3N4O4S/c1-34(2)20-11-9-19(10-12-20)33-24-7-4-8-25-23(24)16-21(36(25)18-29(30,31)32)6-5-15-35-26-14-13-22(41(3,38)39)17-27(26)40-28(35)37/h4,7-8,13-14,16-17,19-20,33H,9-12,15,18H2,1-3H3. The van der Waals surface area contributed by atoms with Gasteiger partial charge in [-0.05, 0) is 76.0 Å². The topological polar surface area (TPSA) is 89.5 Å². The Morgan fingerprint density at radius 1 is 1.05 bits per heavy atom. The fraction of sp³-hybridized carbons (Fsp3) is 0.414. The van der Waals surface area contributed by atoms with Crippen molar-refractivity contribution in [1.82, 2.24) is 14.0 Å². The van der Waals surface area contributed by atoms with E-state index in [1.165, 1.54) is 22.8 Å². The minimum atomic E-state index is -4.47. The van der Waals surface area contributed by atoms with Crippen molar-refractivity contribution in [1.29, 1.82) is 0 Å². The molecule has 2 aromatic carbocycles. The molecule has 4 aromatic rings. The van der Waals surface area contributed by atoms with Gasteiger partial charge in [-0.1, -0.05) is 12.0 Å². The van der Waals surface area contributed by atoms with Crippen LogP contribution in [-0.4, -0.2) is 61.1 Å². The van der Waals surface area contributed by atoms with E-state index in [4.69, 9.17) is 4.42 Å². The molecule has 1 N–H and O–H groups in total. The Morgan fingerprint density at radius 3 is 2.44 bits per heavy atom. The fourth-order valence-electron chi connectivity index (χ4n) is 5.46. The number of halogens is 3. The van der Waals surface area contributed by atoms with Gasteiger partial charge < -0.3 is 19.2 Å². The lowest BCUT2D eigenvalue weighted by molar-refractivity contribution is -0.140. The second-order valence-corrected chi connectivity index (χ2v) is 12.8. The van der Waals surface area contributed by atoms with E-state index in [0.29, 0.717) is 22.5 Å². The molecule has 0 aliphatic heterocycles. The first-order valence-electron chi connectivity index (χ1n) is 13.2. The Labute approximate surface area is 235 Å². The third-order valence-electron chi connectivity index (χ3n) is 7.59. The number of sulfone groups is 1. The number of nitrogens with one attached hydrogen (secondary N) is 1. The summed E-state index contributed by atoms with van der Waals surface area (Å²) < 4.78 is 72.0. The van der Waals surface area contributed by atoms with Gasteiger partial charge in [0.2, 0.25) is 0 Å². The van der Waals surface area contributed by atoms with Gasteiger partial charge in [-0.2, -0.15) is 13.2 Å². The summed E-state index contributed by atoms with van der Waals surface area (Å²) in [7, 11) is 0.646. The SMILES string of the molecule is CN(C)C1CCC(Nc2cccc3c2cc(C#CCn2c(=O)oc4cc(S(C)(=O)=O)ccc42)n3CC(F)(F)F)CC1. The molecule has 0 radical (unpaired) electrons. The lowest BCUT2D eigenvalue weighted by Crippen LogP contribution is -2.36. The van der Waals surface area contributed by atoms with E-state index in [0.717, 1.165) is 42.2 Å². The smallest absolute Gasteiger partial charge is 0.408 e. The maximum absolute atomic E-state index is 13.6. The fourth-order valence-corrected chi connectivity index (χ4v) is 6.09. The highest BCUT2D eigenvalue weighted by atomic mass is 32.2. The molecule has 0 spiro atoms. The largest absolute Gasteiger partial charge is 0.420 e. The molecule has 0 saturated heterocycles. The van der Waals surface area contributed by atoms with E-state index in [1.807, 2.05) is 6.07 Å². The highest BCUT2D eigenvalue weighted by Gasteiger charge is 2.30. The summed E-state index contributed by atoms with van der Waals surface area (Å²) in [4.78, 5) is 14.7. The maximum atomic E-state index is 13.6. The third kappa shape index (κ3) is 6.31. The average molecular weight is 589 g/mol. The van der Waals surface area contributed by atoms with Crippen molar-refractivity contribution < 1.29 is 26.0 Å². The molecule has 2 heterocycles. The number of oxazole rings is 1. The van der Waals surface area contributed by atoms with Gasteiger partial charge in [0, 0.05) is 35.5 Å². The van der Waals surface area contributed by atoms with Gasteiger partial charge in [0.15, 0.2) is 15.4 Å².